The third-order valence-electron chi connectivity index (χ3n) is 10.8. The Hall–Kier alpha value is -1.92. The molecule has 0 aromatic rings. The second-order valence-corrected chi connectivity index (χ2v) is 16.2. The number of epoxide rings is 1. The molecule has 0 spiro atoms. The Balaban J connectivity index is 1.82. The van der Waals surface area contributed by atoms with E-state index in [4.69, 9.17) is 14.2 Å². The van der Waals surface area contributed by atoms with Gasteiger partial charge in [-0.25, -0.2) is 0 Å². The van der Waals surface area contributed by atoms with Crippen molar-refractivity contribution in [3.05, 3.63) is 36.5 Å². The number of rotatable bonds is 40. The van der Waals surface area contributed by atoms with Crippen LogP contribution in [0.15, 0.2) is 36.5 Å². The number of unbranched alkanes of at least 4 members (excludes halogenated alkanes) is 21. The number of hydrogen-bond donors (Lipinski definition) is 1. The van der Waals surface area contributed by atoms with Crippen molar-refractivity contribution in [1.82, 2.24) is 0 Å². The van der Waals surface area contributed by atoms with Crippen molar-refractivity contribution >= 4 is 11.9 Å². The normalized spacial score (nSPS) is 16.8. The van der Waals surface area contributed by atoms with Crippen molar-refractivity contribution in [3.63, 3.8) is 0 Å². The highest BCUT2D eigenvalue weighted by Crippen LogP contribution is 2.29. The molecule has 0 saturated carbocycles. The maximum absolute atomic E-state index is 12.0. The molecule has 3 unspecified atom stereocenters. The van der Waals surface area contributed by atoms with Crippen molar-refractivity contribution in [1.29, 1.82) is 0 Å². The van der Waals surface area contributed by atoms with E-state index in [1.807, 2.05) is 0 Å². The average Bonchev–Trinajstić information content (AvgIpc) is 3.93. The molecule has 1 rings (SSSR count). The van der Waals surface area contributed by atoms with Crippen LogP contribution in [0.5, 0.6) is 0 Å². The first-order valence-corrected chi connectivity index (χ1v) is 23.1. The lowest BCUT2D eigenvalue weighted by Gasteiger charge is -2.12. The summed E-state index contributed by atoms with van der Waals surface area (Å²) in [6.45, 7) is 6.63. The Morgan fingerprint density at radius 3 is 1.50 bits per heavy atom. The largest absolute Gasteiger partial charge is 0.463 e. The SMILES string of the molecule is CCCCC/C=C\C/C=C\CC1OC1C/C=C\CCCC(=O)OC[C@@H](O)COC(=O)CCCCCCCCCCCCCCCCCCCCC(C)CC. The van der Waals surface area contributed by atoms with E-state index in [2.05, 4.69) is 57.2 Å². The summed E-state index contributed by atoms with van der Waals surface area (Å²) in [5.74, 6) is 0.284. The highest BCUT2D eigenvalue weighted by molar-refractivity contribution is 5.69. The maximum atomic E-state index is 12.0. The predicted octanol–water partition coefficient (Wildman–Crippen LogP) is 13.6. The molecule has 1 N–H and O–H groups in total. The smallest absolute Gasteiger partial charge is 0.305 e. The molecule has 1 saturated heterocycles. The van der Waals surface area contributed by atoms with Gasteiger partial charge in [-0.3, -0.25) is 9.59 Å². The van der Waals surface area contributed by atoms with E-state index in [9.17, 15) is 14.7 Å². The number of hydrogen-bond acceptors (Lipinski definition) is 6. The topological polar surface area (TPSA) is 85.4 Å². The summed E-state index contributed by atoms with van der Waals surface area (Å²) >= 11 is 0. The molecule has 6 heteroatoms. The monoisotopic (exact) mass is 759 g/mol. The molecule has 1 heterocycles. The maximum Gasteiger partial charge on any atom is 0.305 e. The van der Waals surface area contributed by atoms with Crippen LogP contribution in [-0.4, -0.2) is 48.6 Å². The fourth-order valence-corrected chi connectivity index (χ4v) is 6.80. The summed E-state index contributed by atoms with van der Waals surface area (Å²) < 4.78 is 16.1. The van der Waals surface area contributed by atoms with E-state index in [-0.39, 0.29) is 25.2 Å². The minimum Gasteiger partial charge on any atom is -0.463 e. The van der Waals surface area contributed by atoms with Gasteiger partial charge < -0.3 is 19.3 Å². The fraction of sp³-hybridized carbons (Fsp3) is 0.833. The first-order valence-electron chi connectivity index (χ1n) is 23.1. The van der Waals surface area contributed by atoms with Gasteiger partial charge in [-0.1, -0.05) is 192 Å². The van der Waals surface area contributed by atoms with Gasteiger partial charge in [0.25, 0.3) is 0 Å². The summed E-state index contributed by atoms with van der Waals surface area (Å²) in [4.78, 5) is 24.1. The molecule has 0 aliphatic carbocycles. The Kier molecular flexibility index (Phi) is 35.2. The second kappa shape index (κ2) is 38.0. The van der Waals surface area contributed by atoms with Crippen molar-refractivity contribution < 1.29 is 28.9 Å². The van der Waals surface area contributed by atoms with E-state index in [1.54, 1.807) is 0 Å². The van der Waals surface area contributed by atoms with E-state index >= 15 is 0 Å². The van der Waals surface area contributed by atoms with Gasteiger partial charge >= 0.3 is 11.9 Å². The van der Waals surface area contributed by atoms with E-state index < -0.39 is 6.10 Å². The van der Waals surface area contributed by atoms with Crippen molar-refractivity contribution in [2.75, 3.05) is 13.2 Å². The van der Waals surface area contributed by atoms with Crippen LogP contribution >= 0.6 is 0 Å². The number of aliphatic hydroxyl groups excluding tert-OH is 1. The summed E-state index contributed by atoms with van der Waals surface area (Å²) in [5, 5.41) is 10.1. The molecule has 0 radical (unpaired) electrons. The minimum absolute atomic E-state index is 0.135. The van der Waals surface area contributed by atoms with Crippen LogP contribution in [0.1, 0.15) is 220 Å². The lowest BCUT2D eigenvalue weighted by atomic mass is 9.99. The number of esters is 2. The van der Waals surface area contributed by atoms with Crippen LogP contribution in [0.3, 0.4) is 0 Å². The molecule has 4 atom stereocenters. The molecule has 6 nitrogen and oxygen atoms in total. The van der Waals surface area contributed by atoms with Gasteiger partial charge in [-0.2, -0.15) is 0 Å². The highest BCUT2D eigenvalue weighted by atomic mass is 16.6. The van der Waals surface area contributed by atoms with Crippen LogP contribution in [0.25, 0.3) is 0 Å². The third kappa shape index (κ3) is 34.6. The Labute approximate surface area is 333 Å². The number of ether oxygens (including phenoxy) is 3. The molecule has 54 heavy (non-hydrogen) atoms. The zero-order valence-electron chi connectivity index (χ0n) is 35.6. The van der Waals surface area contributed by atoms with Crippen LogP contribution in [-0.2, 0) is 23.8 Å². The average molecular weight is 759 g/mol. The lowest BCUT2D eigenvalue weighted by molar-refractivity contribution is -0.152. The molecular formula is C48H86O6. The lowest BCUT2D eigenvalue weighted by Crippen LogP contribution is -2.25. The number of aliphatic hydroxyl groups is 1. The van der Waals surface area contributed by atoms with E-state index in [0.29, 0.717) is 31.5 Å². The first kappa shape index (κ1) is 50.1. The molecule has 314 valence electrons. The van der Waals surface area contributed by atoms with Gasteiger partial charge in [0.15, 0.2) is 0 Å². The zero-order chi connectivity index (χ0) is 39.2. The summed E-state index contributed by atoms with van der Waals surface area (Å²) in [5.41, 5.74) is 0. The fourth-order valence-electron chi connectivity index (χ4n) is 6.80. The second-order valence-electron chi connectivity index (χ2n) is 16.2. The molecular weight excluding hydrogens is 673 g/mol. The van der Waals surface area contributed by atoms with E-state index in [0.717, 1.165) is 50.9 Å². The first-order chi connectivity index (χ1) is 26.5. The third-order valence-corrected chi connectivity index (χ3v) is 10.8. The van der Waals surface area contributed by atoms with Gasteiger partial charge in [0.2, 0.25) is 0 Å². The summed E-state index contributed by atoms with van der Waals surface area (Å²) in [6, 6.07) is 0. The van der Waals surface area contributed by atoms with E-state index in [1.165, 1.54) is 135 Å². The molecule has 1 aliphatic heterocycles. The van der Waals surface area contributed by atoms with Crippen LogP contribution in [0.2, 0.25) is 0 Å². The van der Waals surface area contributed by atoms with Crippen molar-refractivity contribution in [2.45, 2.75) is 238 Å². The number of carbonyl (C=O) groups is 2. The Morgan fingerprint density at radius 2 is 0.981 bits per heavy atom. The van der Waals surface area contributed by atoms with Crippen molar-refractivity contribution in [3.8, 4) is 0 Å². The number of carbonyl (C=O) groups excluding carboxylic acids is 2. The zero-order valence-corrected chi connectivity index (χ0v) is 35.6. The minimum atomic E-state index is -0.991. The predicted molar refractivity (Wildman–Crippen MR) is 228 cm³/mol. The van der Waals surface area contributed by atoms with Crippen LogP contribution in [0, 0.1) is 5.92 Å². The summed E-state index contributed by atoms with van der Waals surface area (Å²) in [7, 11) is 0. The van der Waals surface area contributed by atoms with Gasteiger partial charge in [-0.05, 0) is 57.3 Å². The van der Waals surface area contributed by atoms with Crippen molar-refractivity contribution in [2.24, 2.45) is 5.92 Å². The summed E-state index contributed by atoms with van der Waals surface area (Å²) in [6.07, 6.45) is 49.5. The molecule has 1 fully saturated rings. The highest BCUT2D eigenvalue weighted by Gasteiger charge is 2.35. The van der Waals surface area contributed by atoms with Crippen LogP contribution < -0.4 is 0 Å². The van der Waals surface area contributed by atoms with Gasteiger partial charge in [0, 0.05) is 12.8 Å². The quantitative estimate of drug-likeness (QED) is 0.0290. The van der Waals surface area contributed by atoms with Crippen LogP contribution in [0.4, 0.5) is 0 Å². The van der Waals surface area contributed by atoms with Gasteiger partial charge in [0.05, 0.1) is 12.2 Å². The van der Waals surface area contributed by atoms with Gasteiger partial charge in [-0.15, -0.1) is 0 Å². The molecule has 1 aliphatic rings. The Morgan fingerprint density at radius 1 is 0.556 bits per heavy atom. The molecule has 0 aromatic carbocycles. The van der Waals surface area contributed by atoms with Gasteiger partial charge in [0.1, 0.15) is 19.3 Å². The number of allylic oxidation sites excluding steroid dienone is 4. The molecule has 0 bridgehead atoms. The Bertz CT molecular complexity index is 941. The molecule has 0 amide bonds. The standard InChI is InChI=1S/C48H86O6/c1-4-6-7-8-9-20-24-27-32-37-45-46(54-45)38-33-29-30-35-40-48(51)53-42-44(49)41-52-47(50)39-34-28-25-22-19-17-15-13-11-10-12-14-16-18-21-23-26-31-36-43(3)5-2/h9,20,27,29,32-33,43-46,49H,4-8,10-19,21-26,28,30-31,34-42H2,1-3H3/b20-9-,32-27-,33-29-/t43?,44-,45?,46?/m0/s1. The molecule has 0 aromatic heterocycles.